The van der Waals surface area contributed by atoms with E-state index in [0.29, 0.717) is 0 Å². The molecule has 4 aromatic heterocycles. The summed E-state index contributed by atoms with van der Waals surface area (Å²) in [5, 5.41) is 11.3. The monoisotopic (exact) mass is 722 g/mol. The molecule has 3 saturated heterocycles. The molecule has 0 aliphatic carbocycles. The topological polar surface area (TPSA) is 269 Å². The molecule has 0 unspecified atom stereocenters. The highest BCUT2D eigenvalue weighted by Crippen LogP contribution is 2.60. The molecule has 0 aromatic carbocycles. The summed E-state index contributed by atoms with van der Waals surface area (Å²) in [7, 11) is 0. The first-order chi connectivity index (χ1) is 21.8. The van der Waals surface area contributed by atoms with Crippen LogP contribution in [-0.4, -0.2) is 94.0 Å². The zero-order chi connectivity index (χ0) is 32.5. The zero-order valence-corrected chi connectivity index (χ0v) is 26.6. The second kappa shape index (κ2) is 11.8. The van der Waals surface area contributed by atoms with E-state index < -0.39 is 74.9 Å². The fourth-order valence-corrected chi connectivity index (χ4v) is 8.51. The molecule has 0 bridgehead atoms. The molecule has 248 valence electrons. The van der Waals surface area contributed by atoms with Gasteiger partial charge in [0.05, 0.1) is 32.0 Å². The minimum Gasteiger partial charge on any atom is -0.386 e. The Bertz CT molecular complexity index is 1970. The predicted octanol–water partition coefficient (Wildman–Crippen LogP) is 0.901. The summed E-state index contributed by atoms with van der Waals surface area (Å²) in [5.74, 6) is -0.157. The molecule has 46 heavy (non-hydrogen) atoms. The van der Waals surface area contributed by atoms with Crippen molar-refractivity contribution in [2.75, 3.05) is 24.7 Å². The van der Waals surface area contributed by atoms with E-state index >= 15 is 4.39 Å². The third-order valence-corrected chi connectivity index (χ3v) is 10.8. The first-order valence-electron chi connectivity index (χ1n) is 13.4. The van der Waals surface area contributed by atoms with Gasteiger partial charge in [0.1, 0.15) is 36.3 Å². The highest BCUT2D eigenvalue weighted by molar-refractivity contribution is 8.44. The molecule has 7 rings (SSSR count). The minimum absolute atomic E-state index is 0.0986. The Morgan fingerprint density at radius 2 is 1.61 bits per heavy atom. The van der Waals surface area contributed by atoms with Crippen molar-refractivity contribution in [2.45, 2.75) is 55.6 Å². The van der Waals surface area contributed by atoms with Crippen LogP contribution in [0.25, 0.3) is 22.3 Å². The van der Waals surface area contributed by atoms with Crippen molar-refractivity contribution < 1.29 is 46.2 Å². The quantitative estimate of drug-likeness (QED) is 0.124. The number of halogens is 1. The van der Waals surface area contributed by atoms with Gasteiger partial charge in [0.2, 0.25) is 5.95 Å². The highest BCUT2D eigenvalue weighted by atomic mass is 32.7. The number of H-pyrrole nitrogens is 1. The van der Waals surface area contributed by atoms with Crippen molar-refractivity contribution in [2.24, 2.45) is 0 Å². The van der Waals surface area contributed by atoms with E-state index in [1.165, 1.54) is 17.2 Å². The lowest BCUT2D eigenvalue weighted by Crippen LogP contribution is -2.34. The first-order valence-corrected chi connectivity index (χ1v) is 18.8. The van der Waals surface area contributed by atoms with Crippen molar-refractivity contribution in [3.05, 3.63) is 29.3 Å². The number of imidazole rings is 2. The Morgan fingerprint density at radius 3 is 2.39 bits per heavy atom. The fourth-order valence-electron chi connectivity index (χ4n) is 5.50. The van der Waals surface area contributed by atoms with Crippen LogP contribution in [-0.2, 0) is 36.7 Å². The van der Waals surface area contributed by atoms with Gasteiger partial charge in [-0.3, -0.25) is 32.5 Å². The maximum Gasteiger partial charge on any atom is 0.386 e. The van der Waals surface area contributed by atoms with Crippen LogP contribution in [0.2, 0.25) is 0 Å². The molecule has 6 N–H and O–H groups in total. The molecular formula is C21H25FN10O10P2S2. The zero-order valence-electron chi connectivity index (χ0n) is 23.0. The number of fused-ring (bicyclic) bond motifs is 4. The summed E-state index contributed by atoms with van der Waals surface area (Å²) in [4.78, 5) is 34.7. The lowest BCUT2D eigenvalue weighted by atomic mass is 10.1. The number of ether oxygens (including phenoxy) is 2. The molecule has 0 spiro atoms. The SMILES string of the molecule is Nc1nc2c(ncn2[C@@H]2O[C@@H]3CO[P@@](=O)(S)O[C@H]4[C@@H](O)[C@H](n5cnc6c(N)ncnc65)O[C@@H]4CCO[P@](=O)(S)O[C@H]3[C@H]2F)c(=O)[nH]1. The van der Waals surface area contributed by atoms with Gasteiger partial charge in [-0.15, -0.1) is 0 Å². The molecule has 4 aromatic rings. The van der Waals surface area contributed by atoms with Gasteiger partial charge in [-0.05, 0) is 0 Å². The van der Waals surface area contributed by atoms with Gasteiger partial charge in [-0.2, -0.15) is 4.98 Å². The second-order valence-electron chi connectivity index (χ2n) is 10.4. The van der Waals surface area contributed by atoms with E-state index in [0.717, 1.165) is 10.9 Å². The Morgan fingerprint density at radius 1 is 0.935 bits per heavy atom. The number of aliphatic hydroxyl groups excluding tert-OH is 1. The first kappa shape index (κ1) is 31.9. The van der Waals surface area contributed by atoms with Crippen molar-refractivity contribution in [1.82, 2.24) is 39.0 Å². The van der Waals surface area contributed by atoms with Crippen molar-refractivity contribution in [3.63, 3.8) is 0 Å². The van der Waals surface area contributed by atoms with Crippen LogP contribution in [0.5, 0.6) is 0 Å². The summed E-state index contributed by atoms with van der Waals surface area (Å²) >= 11 is 8.07. The Labute approximate surface area is 266 Å². The molecule has 20 nitrogen and oxygen atoms in total. The number of nitrogen functional groups attached to an aromatic ring is 2. The number of aromatic amines is 1. The maximum absolute atomic E-state index is 16.0. The third kappa shape index (κ3) is 5.72. The standard InChI is InChI=1S/C21H25FN10O10P2S2/c22-9-13-8(40-19(9)32-6-28-11-17(32)29-21(24)30-18(11)34)3-38-44(36,46)42-14-7(1-2-37-43(35,45)41-13)39-20(12(14)33)31-5-27-10-15(23)25-4-26-16(10)31/h4-9,12-14,19-20,33H,1-3H2,(H,35,45)(H,36,46)(H2,23,25,26)(H3,24,29,30,34)/t7-,8-,9-,12-,13-,14-,19-,20-,43+,44-/m1/s1. The molecule has 10 atom stereocenters. The number of hydrogen-bond acceptors (Lipinski definition) is 17. The second-order valence-corrected chi connectivity index (χ2v) is 16.2. The van der Waals surface area contributed by atoms with Gasteiger partial charge in [0.15, 0.2) is 41.3 Å². The molecule has 3 fully saturated rings. The lowest BCUT2D eigenvalue weighted by molar-refractivity contribution is -0.0432. The van der Waals surface area contributed by atoms with Gasteiger partial charge in [-0.25, -0.2) is 33.5 Å². The highest BCUT2D eigenvalue weighted by Gasteiger charge is 2.53. The maximum atomic E-state index is 16.0. The van der Waals surface area contributed by atoms with Crippen LogP contribution < -0.4 is 17.0 Å². The number of anilines is 2. The Kier molecular flexibility index (Phi) is 8.16. The molecular weight excluding hydrogens is 697 g/mol. The van der Waals surface area contributed by atoms with Crippen LogP contribution in [0.3, 0.4) is 0 Å². The normalized spacial score (nSPS) is 37.4. The van der Waals surface area contributed by atoms with E-state index in [1.54, 1.807) is 0 Å². The van der Waals surface area contributed by atoms with Crippen LogP contribution >= 0.6 is 38.1 Å². The largest absolute Gasteiger partial charge is 0.386 e. The summed E-state index contributed by atoms with van der Waals surface area (Å²) in [5.41, 5.74) is 11.1. The van der Waals surface area contributed by atoms with Gasteiger partial charge in [0, 0.05) is 6.42 Å². The number of aliphatic hydroxyl groups is 1. The molecule has 3 aliphatic heterocycles. The smallest absolute Gasteiger partial charge is 0.386 e. The number of nitrogens with one attached hydrogen (secondary N) is 1. The molecule has 25 heteroatoms. The van der Waals surface area contributed by atoms with E-state index in [2.05, 4.69) is 54.4 Å². The number of nitrogens with two attached hydrogens (primary N) is 2. The number of aromatic nitrogens is 8. The number of nitrogens with zero attached hydrogens (tertiary/aromatic N) is 7. The molecule has 0 radical (unpaired) electrons. The summed E-state index contributed by atoms with van der Waals surface area (Å²) in [6, 6.07) is 0. The average Bonchev–Trinajstić information content (AvgIpc) is 3.74. The average molecular weight is 723 g/mol. The van der Waals surface area contributed by atoms with Crippen LogP contribution in [0.4, 0.5) is 16.2 Å². The fraction of sp³-hybridized carbons (Fsp3) is 0.524. The molecule has 0 amide bonds. The van der Waals surface area contributed by atoms with Crippen LogP contribution in [0.15, 0.2) is 23.8 Å². The van der Waals surface area contributed by atoms with Gasteiger partial charge < -0.3 is 30.6 Å². The molecule has 0 saturated carbocycles. The van der Waals surface area contributed by atoms with Crippen molar-refractivity contribution >= 4 is 72.2 Å². The van der Waals surface area contributed by atoms with Crippen molar-refractivity contribution in [3.8, 4) is 0 Å². The Balaban J connectivity index is 1.16. The van der Waals surface area contributed by atoms with Gasteiger partial charge in [0.25, 0.3) is 5.56 Å². The summed E-state index contributed by atoms with van der Waals surface area (Å²) in [6.45, 7) is -9.67. The Hall–Kier alpha value is -2.69. The summed E-state index contributed by atoms with van der Waals surface area (Å²) in [6.07, 6.45) is -8.15. The van der Waals surface area contributed by atoms with Crippen LogP contribution in [0, 0.1) is 0 Å². The lowest BCUT2D eigenvalue weighted by Gasteiger charge is -2.24. The van der Waals surface area contributed by atoms with E-state index in [4.69, 9.17) is 39.0 Å². The number of hydrogen-bond donors (Lipinski definition) is 6. The van der Waals surface area contributed by atoms with E-state index in [1.807, 2.05) is 0 Å². The molecule has 7 heterocycles. The third-order valence-electron chi connectivity index (χ3n) is 7.53. The van der Waals surface area contributed by atoms with E-state index in [-0.39, 0.29) is 47.1 Å². The van der Waals surface area contributed by atoms with Crippen molar-refractivity contribution in [1.29, 1.82) is 0 Å². The minimum atomic E-state index is -4.35. The molecule has 3 aliphatic rings. The number of alkyl halides is 1. The predicted molar refractivity (Wildman–Crippen MR) is 160 cm³/mol. The summed E-state index contributed by atoms with van der Waals surface area (Å²) < 4.78 is 79.2. The number of thiol groups is 2. The number of rotatable bonds is 2. The van der Waals surface area contributed by atoms with Crippen LogP contribution in [0.1, 0.15) is 18.9 Å². The van der Waals surface area contributed by atoms with Gasteiger partial charge in [-0.1, -0.05) is 24.5 Å². The van der Waals surface area contributed by atoms with Gasteiger partial charge >= 0.3 is 13.6 Å². The van der Waals surface area contributed by atoms with E-state index in [9.17, 15) is 19.0 Å².